The van der Waals surface area contributed by atoms with E-state index in [-0.39, 0.29) is 12.1 Å². The molecule has 1 N–H and O–H groups in total. The van der Waals surface area contributed by atoms with Crippen molar-refractivity contribution < 1.29 is 22.8 Å². The van der Waals surface area contributed by atoms with Gasteiger partial charge in [0.1, 0.15) is 0 Å². The van der Waals surface area contributed by atoms with Gasteiger partial charge in [-0.15, -0.1) is 0 Å². The Hall–Kier alpha value is -2.09. The molecule has 1 saturated heterocycles. The van der Waals surface area contributed by atoms with Crippen LogP contribution in [0, 0.1) is 17.5 Å². The van der Waals surface area contributed by atoms with E-state index in [2.05, 4.69) is 5.32 Å². The van der Waals surface area contributed by atoms with Crippen LogP contribution in [0.25, 0.3) is 0 Å². The maximum Gasteiger partial charge on any atom is 0.225 e. The monoisotopic (exact) mass is 315 g/mol. The molecule has 2 amide bonds. The van der Waals surface area contributed by atoms with E-state index in [0.717, 1.165) is 18.5 Å². The molecule has 0 aromatic heterocycles. The highest BCUT2D eigenvalue weighted by atomic mass is 19.2. The molecule has 0 bridgehead atoms. The van der Waals surface area contributed by atoms with Gasteiger partial charge in [-0.05, 0) is 12.1 Å². The number of hydrogen-bond acceptors (Lipinski definition) is 3. The Morgan fingerprint density at radius 3 is 2.45 bits per heavy atom. The van der Waals surface area contributed by atoms with Gasteiger partial charge in [-0.3, -0.25) is 14.5 Å². The molecule has 8 heteroatoms. The van der Waals surface area contributed by atoms with E-state index < -0.39 is 23.4 Å². The van der Waals surface area contributed by atoms with Crippen LogP contribution in [0.3, 0.4) is 0 Å². The molecule has 1 heterocycles. The number of nitrogens with zero attached hydrogens (tertiary/aromatic N) is 2. The van der Waals surface area contributed by atoms with Gasteiger partial charge >= 0.3 is 0 Å². The molecule has 5 nitrogen and oxygen atoms in total. The van der Waals surface area contributed by atoms with Gasteiger partial charge in [0.25, 0.3) is 0 Å². The van der Waals surface area contributed by atoms with E-state index in [1.54, 1.807) is 4.90 Å². The lowest BCUT2D eigenvalue weighted by molar-refractivity contribution is -0.120. The number of carbonyl (C=O) groups excluding carboxylic acids is 2. The van der Waals surface area contributed by atoms with Crippen molar-refractivity contribution in [2.45, 2.75) is 6.42 Å². The lowest BCUT2D eigenvalue weighted by Gasteiger charge is -2.32. The summed E-state index contributed by atoms with van der Waals surface area (Å²) in [6.07, 6.45) is 0.884. The first-order valence-corrected chi connectivity index (χ1v) is 6.86. The number of hydrogen-bond donors (Lipinski definition) is 1. The summed E-state index contributed by atoms with van der Waals surface area (Å²) in [7, 11) is 0. The predicted octanol–water partition coefficient (Wildman–Crippen LogP) is 1.21. The fourth-order valence-electron chi connectivity index (χ4n) is 2.19. The summed E-state index contributed by atoms with van der Waals surface area (Å²) < 4.78 is 39.3. The van der Waals surface area contributed by atoms with Crippen molar-refractivity contribution in [3.63, 3.8) is 0 Å². The second kappa shape index (κ2) is 7.26. The van der Waals surface area contributed by atoms with Crippen molar-refractivity contribution in [3.05, 3.63) is 29.6 Å². The molecule has 2 rings (SSSR count). The van der Waals surface area contributed by atoms with Crippen molar-refractivity contribution in [1.82, 2.24) is 9.80 Å². The third kappa shape index (κ3) is 3.97. The molecule has 0 radical (unpaired) electrons. The topological polar surface area (TPSA) is 52.7 Å². The van der Waals surface area contributed by atoms with Crippen LogP contribution in [0.4, 0.5) is 18.9 Å². The highest BCUT2D eigenvalue weighted by Gasteiger charge is 2.18. The predicted molar refractivity (Wildman–Crippen MR) is 73.6 cm³/mol. The number of carbonyl (C=O) groups is 2. The summed E-state index contributed by atoms with van der Waals surface area (Å²) in [4.78, 5) is 26.0. The molecule has 0 spiro atoms. The van der Waals surface area contributed by atoms with Crippen molar-refractivity contribution in [3.8, 4) is 0 Å². The van der Waals surface area contributed by atoms with Crippen LogP contribution in [0.1, 0.15) is 6.42 Å². The van der Waals surface area contributed by atoms with E-state index in [0.29, 0.717) is 32.7 Å². The van der Waals surface area contributed by atoms with Crippen LogP contribution in [0.5, 0.6) is 0 Å². The number of rotatable bonds is 5. The van der Waals surface area contributed by atoms with Crippen molar-refractivity contribution in [2.24, 2.45) is 0 Å². The second-order valence-electron chi connectivity index (χ2n) is 5.00. The van der Waals surface area contributed by atoms with E-state index in [1.807, 2.05) is 4.90 Å². The Bertz CT molecular complexity index is 561. The SMILES string of the molecule is O=CN1CCN(CCC(=O)Nc2ccc(F)c(F)c2F)CC1. The highest BCUT2D eigenvalue weighted by Crippen LogP contribution is 2.19. The van der Waals surface area contributed by atoms with E-state index in [1.165, 1.54) is 0 Å². The maximum atomic E-state index is 13.4. The number of piperazine rings is 1. The van der Waals surface area contributed by atoms with Crippen molar-refractivity contribution >= 4 is 18.0 Å². The standard InChI is InChI=1S/C14H16F3N3O2/c15-10-1-2-11(14(17)13(10)16)18-12(22)3-4-19-5-7-20(9-21)8-6-19/h1-2,9H,3-8H2,(H,18,22). The Balaban J connectivity index is 1.81. The van der Waals surface area contributed by atoms with Crippen LogP contribution in [0.2, 0.25) is 0 Å². The summed E-state index contributed by atoms with van der Waals surface area (Å²) in [5.74, 6) is -4.80. The van der Waals surface area contributed by atoms with Gasteiger partial charge in [0.05, 0.1) is 5.69 Å². The Morgan fingerprint density at radius 2 is 1.82 bits per heavy atom. The minimum absolute atomic E-state index is 0.0968. The average Bonchev–Trinajstić information content (AvgIpc) is 2.54. The Kier molecular flexibility index (Phi) is 5.37. The lowest BCUT2D eigenvalue weighted by Crippen LogP contribution is -2.46. The third-order valence-corrected chi connectivity index (χ3v) is 3.52. The van der Waals surface area contributed by atoms with Gasteiger partial charge in [0, 0.05) is 39.1 Å². The number of anilines is 1. The lowest BCUT2D eigenvalue weighted by atomic mass is 10.2. The van der Waals surface area contributed by atoms with Crippen LogP contribution in [-0.4, -0.2) is 54.8 Å². The molecular weight excluding hydrogens is 299 g/mol. The molecule has 1 fully saturated rings. The van der Waals surface area contributed by atoms with Crippen LogP contribution < -0.4 is 5.32 Å². The van der Waals surface area contributed by atoms with Gasteiger partial charge in [0.2, 0.25) is 12.3 Å². The summed E-state index contributed by atoms with van der Waals surface area (Å²) in [6.45, 7) is 2.97. The molecule has 1 aliphatic rings. The van der Waals surface area contributed by atoms with E-state index >= 15 is 0 Å². The largest absolute Gasteiger partial charge is 0.343 e. The minimum Gasteiger partial charge on any atom is -0.343 e. The third-order valence-electron chi connectivity index (χ3n) is 3.52. The van der Waals surface area contributed by atoms with Gasteiger partial charge in [-0.1, -0.05) is 0 Å². The molecule has 22 heavy (non-hydrogen) atoms. The maximum absolute atomic E-state index is 13.4. The summed E-state index contributed by atoms with van der Waals surface area (Å²) in [5.41, 5.74) is -0.380. The number of halogens is 3. The molecule has 0 saturated carbocycles. The summed E-state index contributed by atoms with van der Waals surface area (Å²) in [5, 5.41) is 2.22. The van der Waals surface area contributed by atoms with Gasteiger partial charge in [-0.25, -0.2) is 13.2 Å². The molecule has 120 valence electrons. The first-order chi connectivity index (χ1) is 10.5. The zero-order valence-corrected chi connectivity index (χ0v) is 11.8. The van der Waals surface area contributed by atoms with E-state index in [4.69, 9.17) is 0 Å². The van der Waals surface area contributed by atoms with Crippen LogP contribution >= 0.6 is 0 Å². The van der Waals surface area contributed by atoms with E-state index in [9.17, 15) is 22.8 Å². The fourth-order valence-corrected chi connectivity index (χ4v) is 2.19. The zero-order valence-electron chi connectivity index (χ0n) is 11.8. The second-order valence-corrected chi connectivity index (χ2v) is 5.00. The number of amides is 2. The molecule has 0 aliphatic carbocycles. The molecule has 0 atom stereocenters. The van der Waals surface area contributed by atoms with Crippen LogP contribution in [-0.2, 0) is 9.59 Å². The first-order valence-electron chi connectivity index (χ1n) is 6.86. The average molecular weight is 315 g/mol. The van der Waals surface area contributed by atoms with Gasteiger partial charge in [0.15, 0.2) is 17.5 Å². The van der Waals surface area contributed by atoms with Crippen LogP contribution in [0.15, 0.2) is 12.1 Å². The normalized spacial score (nSPS) is 15.7. The van der Waals surface area contributed by atoms with Crippen molar-refractivity contribution in [2.75, 3.05) is 38.0 Å². The molecule has 1 aromatic carbocycles. The first kappa shape index (κ1) is 16.3. The number of benzene rings is 1. The molecule has 1 aromatic rings. The minimum atomic E-state index is -1.61. The molecule has 0 unspecified atom stereocenters. The highest BCUT2D eigenvalue weighted by molar-refractivity contribution is 5.90. The summed E-state index contributed by atoms with van der Waals surface area (Å²) in [6, 6.07) is 1.74. The molecule has 1 aliphatic heterocycles. The fraction of sp³-hybridized carbons (Fsp3) is 0.429. The quantitative estimate of drug-likeness (QED) is 0.656. The van der Waals surface area contributed by atoms with Gasteiger partial charge < -0.3 is 10.2 Å². The number of nitrogens with one attached hydrogen (secondary N) is 1. The smallest absolute Gasteiger partial charge is 0.225 e. The Morgan fingerprint density at radius 1 is 1.14 bits per heavy atom. The zero-order chi connectivity index (χ0) is 16.1. The molecular formula is C14H16F3N3O2. The van der Waals surface area contributed by atoms with Gasteiger partial charge in [-0.2, -0.15) is 0 Å². The van der Waals surface area contributed by atoms with Crippen molar-refractivity contribution in [1.29, 1.82) is 0 Å². The Labute approximate surface area is 125 Å². The summed E-state index contributed by atoms with van der Waals surface area (Å²) >= 11 is 0.